The van der Waals surface area contributed by atoms with Gasteiger partial charge in [-0.1, -0.05) is 0 Å². The van der Waals surface area contributed by atoms with E-state index in [-0.39, 0.29) is 12.4 Å². The van der Waals surface area contributed by atoms with Gasteiger partial charge in [0.1, 0.15) is 5.75 Å². The summed E-state index contributed by atoms with van der Waals surface area (Å²) < 4.78 is 14.9. The Bertz CT molecular complexity index is 781. The second-order valence-electron chi connectivity index (χ2n) is 5.22. The van der Waals surface area contributed by atoms with Gasteiger partial charge in [-0.15, -0.1) is 0 Å². The molecular formula is C13H14BN3O5S. The van der Waals surface area contributed by atoms with E-state index in [2.05, 4.69) is 9.36 Å². The van der Waals surface area contributed by atoms with Gasteiger partial charge < -0.3 is 25.3 Å². The number of hydrogen-bond donors (Lipinski definition) is 3. The smallest absolute Gasteiger partial charge is 0.481 e. The first-order valence-corrected chi connectivity index (χ1v) is 7.60. The van der Waals surface area contributed by atoms with Crippen LogP contribution in [0.2, 0.25) is 0 Å². The molecule has 0 spiro atoms. The van der Waals surface area contributed by atoms with Gasteiger partial charge in [-0.3, -0.25) is 4.79 Å². The van der Waals surface area contributed by atoms with E-state index in [1.165, 1.54) is 0 Å². The Hall–Kier alpha value is -2.17. The van der Waals surface area contributed by atoms with E-state index in [0.717, 1.165) is 22.7 Å². The molecule has 0 saturated carbocycles. The number of carboxylic acid groups (broad SMARTS) is 1. The van der Waals surface area contributed by atoms with E-state index in [1.54, 1.807) is 6.07 Å². The summed E-state index contributed by atoms with van der Waals surface area (Å²) in [5.41, 5.74) is 8.30. The fourth-order valence-electron chi connectivity index (χ4n) is 2.63. The highest BCUT2D eigenvalue weighted by molar-refractivity contribution is 7.07. The number of nitrogens with zero attached hydrogens (tertiary/aromatic N) is 2. The molecule has 0 saturated heterocycles. The van der Waals surface area contributed by atoms with E-state index in [0.29, 0.717) is 22.0 Å². The molecular weight excluding hydrogens is 321 g/mol. The van der Waals surface area contributed by atoms with Crippen LogP contribution in [0, 0.1) is 13.8 Å². The van der Waals surface area contributed by atoms with Gasteiger partial charge in [0.05, 0.1) is 12.5 Å². The van der Waals surface area contributed by atoms with Gasteiger partial charge in [-0.05, 0) is 42.1 Å². The Kier molecular flexibility index (Phi) is 3.96. The number of anilines is 1. The number of aromatic nitrogens is 2. The van der Waals surface area contributed by atoms with E-state index in [1.807, 2.05) is 13.8 Å². The lowest BCUT2D eigenvalue weighted by molar-refractivity contribution is -0.138. The molecule has 0 bridgehead atoms. The lowest BCUT2D eigenvalue weighted by atomic mass is 9.76. The summed E-state index contributed by atoms with van der Waals surface area (Å²) >= 11 is 1.02. The minimum atomic E-state index is -1.18. The van der Waals surface area contributed by atoms with Gasteiger partial charge in [0.25, 0.3) is 5.19 Å². The van der Waals surface area contributed by atoms with Gasteiger partial charge >= 0.3 is 13.1 Å². The highest BCUT2D eigenvalue weighted by Crippen LogP contribution is 2.36. The van der Waals surface area contributed by atoms with Crippen LogP contribution in [0.15, 0.2) is 6.07 Å². The maximum atomic E-state index is 11.0. The molecule has 2 aromatic rings. The molecule has 3 rings (SSSR count). The zero-order valence-electron chi connectivity index (χ0n) is 12.4. The molecule has 4 N–H and O–H groups in total. The number of benzene rings is 1. The Balaban J connectivity index is 2.01. The molecule has 8 nitrogen and oxygen atoms in total. The summed E-state index contributed by atoms with van der Waals surface area (Å²) in [7, 11) is -1.18. The molecule has 1 aliphatic rings. The zero-order valence-corrected chi connectivity index (χ0v) is 13.3. The zero-order chi connectivity index (χ0) is 16.7. The predicted molar refractivity (Wildman–Crippen MR) is 84.0 cm³/mol. The van der Waals surface area contributed by atoms with Gasteiger partial charge in [0.2, 0.25) is 5.95 Å². The number of carbonyl (C=O) groups is 1. The van der Waals surface area contributed by atoms with Crippen LogP contribution in [0.3, 0.4) is 0 Å². The number of rotatable bonds is 4. The second kappa shape index (κ2) is 5.80. The van der Waals surface area contributed by atoms with Gasteiger partial charge in [-0.25, -0.2) is 0 Å². The number of nitrogens with two attached hydrogens (primary N) is 1. The molecule has 10 heteroatoms. The van der Waals surface area contributed by atoms with E-state index in [4.69, 9.17) is 20.2 Å². The van der Waals surface area contributed by atoms with Crippen LogP contribution in [0.5, 0.6) is 10.9 Å². The first-order chi connectivity index (χ1) is 10.9. The van der Waals surface area contributed by atoms with Gasteiger partial charge in [0, 0.05) is 11.5 Å². The highest BCUT2D eigenvalue weighted by atomic mass is 32.1. The third-order valence-electron chi connectivity index (χ3n) is 3.80. The lowest BCUT2D eigenvalue weighted by Crippen LogP contribution is -2.28. The van der Waals surface area contributed by atoms with Crippen LogP contribution in [0.1, 0.15) is 29.2 Å². The van der Waals surface area contributed by atoms with Crippen molar-refractivity contribution in [1.29, 1.82) is 0 Å². The topological polar surface area (TPSA) is 128 Å². The average molecular weight is 335 g/mol. The highest BCUT2D eigenvalue weighted by Gasteiger charge is 2.38. The fraction of sp³-hybridized carbons (Fsp3) is 0.308. The minimum Gasteiger partial charge on any atom is -0.481 e. The Labute approximate surface area is 136 Å². The SMILES string of the molecule is Cc1c(Oc2nc(N)ns2)cc2c(c1C)C(CC(=O)O)OB2O. The monoisotopic (exact) mass is 335 g/mol. The lowest BCUT2D eigenvalue weighted by Gasteiger charge is -2.16. The fourth-order valence-corrected chi connectivity index (χ4v) is 3.10. The van der Waals surface area contributed by atoms with Gasteiger partial charge in [-0.2, -0.15) is 9.36 Å². The molecule has 1 aromatic heterocycles. The van der Waals surface area contributed by atoms with E-state index in [9.17, 15) is 9.82 Å². The summed E-state index contributed by atoms with van der Waals surface area (Å²) in [6, 6.07) is 1.64. The summed E-state index contributed by atoms with van der Waals surface area (Å²) in [4.78, 5) is 14.9. The molecule has 1 atom stereocenters. The summed E-state index contributed by atoms with van der Waals surface area (Å²) in [6.45, 7) is 3.68. The molecule has 23 heavy (non-hydrogen) atoms. The first kappa shape index (κ1) is 15.7. The van der Waals surface area contributed by atoms with Crippen LogP contribution in [0.4, 0.5) is 5.95 Å². The quantitative estimate of drug-likeness (QED) is 0.699. The average Bonchev–Trinajstić information content (AvgIpc) is 3.00. The van der Waals surface area contributed by atoms with Crippen molar-refractivity contribution in [2.75, 3.05) is 5.73 Å². The normalized spacial score (nSPS) is 16.5. The third-order valence-corrected chi connectivity index (χ3v) is 4.40. The Morgan fingerprint density at radius 3 is 2.87 bits per heavy atom. The van der Waals surface area contributed by atoms with Crippen molar-refractivity contribution in [3.8, 4) is 10.9 Å². The van der Waals surface area contributed by atoms with Crippen LogP contribution in [0.25, 0.3) is 0 Å². The first-order valence-electron chi connectivity index (χ1n) is 6.83. The van der Waals surface area contributed by atoms with Crippen molar-refractivity contribution in [1.82, 2.24) is 9.36 Å². The maximum absolute atomic E-state index is 11.0. The summed E-state index contributed by atoms with van der Waals surface area (Å²) in [5.74, 6) is -0.363. The van der Waals surface area contributed by atoms with Gasteiger partial charge in [0.15, 0.2) is 0 Å². The largest absolute Gasteiger partial charge is 0.492 e. The molecule has 120 valence electrons. The van der Waals surface area contributed by atoms with Crippen molar-refractivity contribution < 1.29 is 24.3 Å². The number of fused-ring (bicyclic) bond motifs is 1. The Morgan fingerprint density at radius 1 is 1.52 bits per heavy atom. The molecule has 1 unspecified atom stereocenters. The van der Waals surface area contributed by atoms with Crippen molar-refractivity contribution in [3.63, 3.8) is 0 Å². The Morgan fingerprint density at radius 2 is 2.26 bits per heavy atom. The summed E-state index contributed by atoms with van der Waals surface area (Å²) in [5, 5.41) is 19.3. The van der Waals surface area contributed by atoms with E-state index < -0.39 is 19.2 Å². The maximum Gasteiger partial charge on any atom is 0.492 e. The predicted octanol–water partition coefficient (Wildman–Crippen LogP) is 0.763. The van der Waals surface area contributed by atoms with Crippen molar-refractivity contribution in [2.45, 2.75) is 26.4 Å². The van der Waals surface area contributed by atoms with Crippen LogP contribution in [-0.2, 0) is 9.45 Å². The van der Waals surface area contributed by atoms with Crippen LogP contribution >= 0.6 is 11.5 Å². The van der Waals surface area contributed by atoms with E-state index >= 15 is 0 Å². The number of carboxylic acids is 1. The second-order valence-corrected chi connectivity index (χ2v) is 5.94. The number of hydrogen-bond acceptors (Lipinski definition) is 8. The molecule has 1 aliphatic heterocycles. The number of ether oxygens (including phenoxy) is 1. The molecule has 2 heterocycles. The summed E-state index contributed by atoms with van der Waals surface area (Å²) in [6.07, 6.45) is -0.889. The molecule has 0 aliphatic carbocycles. The third kappa shape index (κ3) is 2.88. The minimum absolute atomic E-state index is 0.130. The van der Waals surface area contributed by atoms with Crippen molar-refractivity contribution in [2.24, 2.45) is 0 Å². The van der Waals surface area contributed by atoms with Crippen molar-refractivity contribution in [3.05, 3.63) is 22.8 Å². The molecule has 0 amide bonds. The number of aliphatic carboxylic acids is 1. The standard InChI is InChI=1S/C13H14BN3O5S/c1-5-6(2)11-7(14(20)22-9(11)4-10(18)19)3-8(5)21-13-16-12(15)17-23-13/h3,9,20H,4H2,1-2H3,(H2,15,17)(H,18,19). The number of nitrogen functional groups attached to an aromatic ring is 1. The van der Waals surface area contributed by atoms with Crippen LogP contribution in [-0.4, -0.2) is 32.6 Å². The molecule has 0 fully saturated rings. The van der Waals surface area contributed by atoms with Crippen molar-refractivity contribution >= 4 is 36.0 Å². The molecule has 1 aromatic carbocycles. The van der Waals surface area contributed by atoms with Crippen LogP contribution < -0.4 is 15.9 Å². The molecule has 0 radical (unpaired) electrons.